The number of esters is 2. The smallest absolute Gasteiger partial charge is 0.409 e. The summed E-state index contributed by atoms with van der Waals surface area (Å²) >= 11 is 0. The first kappa shape index (κ1) is 24.2. The average molecular weight is 459 g/mol. The van der Waals surface area contributed by atoms with Gasteiger partial charge in [-0.25, -0.2) is 18.8 Å². The topological polar surface area (TPSA) is 100 Å². The van der Waals surface area contributed by atoms with Crippen LogP contribution in [0.5, 0.6) is 0 Å². The van der Waals surface area contributed by atoms with Crippen molar-refractivity contribution < 1.29 is 37.7 Å². The van der Waals surface area contributed by atoms with Crippen molar-refractivity contribution in [1.82, 2.24) is 5.32 Å². The Morgan fingerprint density at radius 3 is 2.03 bits per heavy atom. The van der Waals surface area contributed by atoms with Crippen molar-refractivity contribution >= 4 is 18.0 Å². The lowest BCUT2D eigenvalue weighted by Gasteiger charge is -2.22. The Bertz CT molecular complexity index is 962. The third-order valence-corrected chi connectivity index (χ3v) is 4.59. The minimum atomic E-state index is -1.93. The van der Waals surface area contributed by atoms with Gasteiger partial charge in [0.15, 0.2) is 18.5 Å². The van der Waals surface area contributed by atoms with E-state index in [9.17, 15) is 14.4 Å². The Morgan fingerprint density at radius 2 is 1.48 bits per heavy atom. The maximum absolute atomic E-state index is 15.2. The summed E-state index contributed by atoms with van der Waals surface area (Å²) in [5, 5.41) is 2.29. The zero-order valence-electron chi connectivity index (χ0n) is 18.5. The number of hydrogen-bond acceptors (Lipinski definition) is 7. The SMILES string of the molecule is CC(C)(C)OC(=O)N[C@@H]1O[C@H](COC(=O)c2ccccc2)[C@@H](OC(=O)c2ccccc2)[C@@H]1F. The molecule has 0 bridgehead atoms. The van der Waals surface area contributed by atoms with Crippen LogP contribution in [-0.2, 0) is 18.9 Å². The predicted octanol–water partition coefficient (Wildman–Crippen LogP) is 3.66. The Hall–Kier alpha value is -3.46. The molecule has 2 aromatic carbocycles. The fourth-order valence-corrected chi connectivity index (χ4v) is 3.11. The van der Waals surface area contributed by atoms with E-state index in [1.54, 1.807) is 69.3 Å². The van der Waals surface area contributed by atoms with Crippen LogP contribution in [0.4, 0.5) is 9.18 Å². The van der Waals surface area contributed by atoms with Crippen molar-refractivity contribution in [1.29, 1.82) is 0 Å². The van der Waals surface area contributed by atoms with E-state index in [4.69, 9.17) is 18.9 Å². The molecule has 1 aliphatic rings. The van der Waals surface area contributed by atoms with Crippen molar-refractivity contribution in [2.75, 3.05) is 6.61 Å². The molecule has 1 aliphatic heterocycles. The third-order valence-electron chi connectivity index (χ3n) is 4.59. The summed E-state index contributed by atoms with van der Waals surface area (Å²) in [6.45, 7) is 4.58. The molecule has 176 valence electrons. The quantitative estimate of drug-likeness (QED) is 0.520. The first-order valence-corrected chi connectivity index (χ1v) is 10.4. The summed E-state index contributed by atoms with van der Waals surface area (Å²) in [4.78, 5) is 36.9. The highest BCUT2D eigenvalue weighted by Crippen LogP contribution is 2.27. The minimum absolute atomic E-state index is 0.216. The lowest BCUT2D eigenvalue weighted by Crippen LogP contribution is -2.44. The van der Waals surface area contributed by atoms with Crippen LogP contribution in [0.25, 0.3) is 0 Å². The standard InChI is InChI=1S/C24H26FNO7/c1-24(2,3)33-23(29)26-20-18(25)19(32-22(28)16-12-8-5-9-13-16)17(31-20)14-30-21(27)15-10-6-4-7-11-15/h4-13,17-20H,14H2,1-3H3,(H,26,29)/t17-,18+,19-,20-/m1/s1. The minimum Gasteiger partial charge on any atom is -0.459 e. The fraction of sp³-hybridized carbons (Fsp3) is 0.375. The van der Waals surface area contributed by atoms with Gasteiger partial charge in [-0.2, -0.15) is 0 Å². The Balaban J connectivity index is 1.71. The van der Waals surface area contributed by atoms with Crippen LogP contribution < -0.4 is 5.32 Å². The van der Waals surface area contributed by atoms with E-state index < -0.39 is 54.8 Å². The normalized spacial score (nSPS) is 22.3. The van der Waals surface area contributed by atoms with Gasteiger partial charge in [0.25, 0.3) is 0 Å². The van der Waals surface area contributed by atoms with E-state index in [0.29, 0.717) is 5.56 Å². The van der Waals surface area contributed by atoms with Gasteiger partial charge in [0.2, 0.25) is 0 Å². The molecule has 0 radical (unpaired) electrons. The number of alkyl carbamates (subject to hydrolysis) is 1. The van der Waals surface area contributed by atoms with Gasteiger partial charge in [0.05, 0.1) is 11.1 Å². The number of hydrogen-bond donors (Lipinski definition) is 1. The van der Waals surface area contributed by atoms with Crippen molar-refractivity contribution in [3.05, 3.63) is 71.8 Å². The van der Waals surface area contributed by atoms with Gasteiger partial charge in [0.1, 0.15) is 18.3 Å². The molecule has 4 atom stereocenters. The van der Waals surface area contributed by atoms with Gasteiger partial charge in [-0.05, 0) is 45.0 Å². The van der Waals surface area contributed by atoms with E-state index in [1.807, 2.05) is 0 Å². The number of rotatable bonds is 6. The van der Waals surface area contributed by atoms with Gasteiger partial charge in [-0.15, -0.1) is 0 Å². The van der Waals surface area contributed by atoms with Crippen LogP contribution in [-0.4, -0.2) is 54.8 Å². The van der Waals surface area contributed by atoms with Crippen LogP contribution in [0.15, 0.2) is 60.7 Å². The molecule has 1 N–H and O–H groups in total. The van der Waals surface area contributed by atoms with E-state index >= 15 is 4.39 Å². The molecule has 33 heavy (non-hydrogen) atoms. The molecular weight excluding hydrogens is 433 g/mol. The fourth-order valence-electron chi connectivity index (χ4n) is 3.11. The molecule has 1 amide bonds. The molecule has 9 heteroatoms. The highest BCUT2D eigenvalue weighted by atomic mass is 19.1. The first-order chi connectivity index (χ1) is 15.6. The molecule has 1 heterocycles. The Kier molecular flexibility index (Phi) is 7.65. The zero-order valence-corrected chi connectivity index (χ0v) is 18.5. The summed E-state index contributed by atoms with van der Waals surface area (Å²) in [7, 11) is 0. The van der Waals surface area contributed by atoms with E-state index in [-0.39, 0.29) is 5.56 Å². The van der Waals surface area contributed by atoms with Crippen LogP contribution in [0, 0.1) is 0 Å². The highest BCUT2D eigenvalue weighted by molar-refractivity contribution is 5.90. The second-order valence-electron chi connectivity index (χ2n) is 8.39. The predicted molar refractivity (Wildman–Crippen MR) is 115 cm³/mol. The van der Waals surface area contributed by atoms with E-state index in [1.165, 1.54) is 12.1 Å². The molecule has 0 aromatic heterocycles. The summed E-state index contributed by atoms with van der Waals surface area (Å²) in [6.07, 6.45) is -6.87. The molecule has 8 nitrogen and oxygen atoms in total. The number of nitrogens with one attached hydrogen (secondary N) is 1. The molecule has 1 saturated heterocycles. The lowest BCUT2D eigenvalue weighted by molar-refractivity contribution is -0.0493. The van der Waals surface area contributed by atoms with Gasteiger partial charge in [0, 0.05) is 0 Å². The van der Waals surface area contributed by atoms with Gasteiger partial charge in [-0.1, -0.05) is 36.4 Å². The first-order valence-electron chi connectivity index (χ1n) is 10.4. The lowest BCUT2D eigenvalue weighted by atomic mass is 10.1. The summed E-state index contributed by atoms with van der Waals surface area (Å²) < 4.78 is 36.5. The maximum atomic E-state index is 15.2. The van der Waals surface area contributed by atoms with Gasteiger partial charge >= 0.3 is 18.0 Å². The molecule has 0 unspecified atom stereocenters. The number of amides is 1. The van der Waals surface area contributed by atoms with Crippen LogP contribution in [0.2, 0.25) is 0 Å². The van der Waals surface area contributed by atoms with E-state index in [0.717, 1.165) is 0 Å². The van der Waals surface area contributed by atoms with Crippen LogP contribution in [0.1, 0.15) is 41.5 Å². The second-order valence-corrected chi connectivity index (χ2v) is 8.39. The molecule has 0 spiro atoms. The number of halogens is 1. The molecule has 2 aromatic rings. The zero-order chi connectivity index (χ0) is 24.0. The number of benzene rings is 2. The second kappa shape index (κ2) is 10.4. The molecule has 3 rings (SSSR count). The molecule has 0 saturated carbocycles. The molecule has 0 aliphatic carbocycles. The summed E-state index contributed by atoms with van der Waals surface area (Å²) in [5.74, 6) is -1.42. The van der Waals surface area contributed by atoms with Crippen molar-refractivity contribution in [3.8, 4) is 0 Å². The third kappa shape index (κ3) is 6.76. The largest absolute Gasteiger partial charge is 0.459 e. The summed E-state index contributed by atoms with van der Waals surface area (Å²) in [5.41, 5.74) is -0.292. The van der Waals surface area contributed by atoms with Crippen molar-refractivity contribution in [2.45, 2.75) is 51.0 Å². The molecular formula is C24H26FNO7. The highest BCUT2D eigenvalue weighted by Gasteiger charge is 2.49. The summed E-state index contributed by atoms with van der Waals surface area (Å²) in [6, 6.07) is 16.3. The van der Waals surface area contributed by atoms with Crippen LogP contribution in [0.3, 0.4) is 0 Å². The average Bonchev–Trinajstić information content (AvgIpc) is 3.06. The van der Waals surface area contributed by atoms with E-state index in [2.05, 4.69) is 5.32 Å². The van der Waals surface area contributed by atoms with Gasteiger partial charge in [-0.3, -0.25) is 5.32 Å². The van der Waals surface area contributed by atoms with Gasteiger partial charge < -0.3 is 18.9 Å². The van der Waals surface area contributed by atoms with Crippen molar-refractivity contribution in [2.24, 2.45) is 0 Å². The van der Waals surface area contributed by atoms with Crippen LogP contribution >= 0.6 is 0 Å². The Morgan fingerprint density at radius 1 is 0.939 bits per heavy atom. The maximum Gasteiger partial charge on any atom is 0.409 e. The number of carbonyl (C=O) groups is 3. The number of alkyl halides is 1. The number of ether oxygens (including phenoxy) is 4. The Labute approximate surface area is 191 Å². The monoisotopic (exact) mass is 459 g/mol. The van der Waals surface area contributed by atoms with Crippen molar-refractivity contribution in [3.63, 3.8) is 0 Å². The number of carbonyl (C=O) groups excluding carboxylic acids is 3. The molecule has 1 fully saturated rings.